The van der Waals surface area contributed by atoms with Crippen molar-refractivity contribution in [1.29, 1.82) is 0 Å². The van der Waals surface area contributed by atoms with Gasteiger partial charge in [-0.05, 0) is 109 Å². The lowest BCUT2D eigenvalue weighted by atomic mass is 9.75. The molecule has 1 aliphatic heterocycles. The van der Waals surface area contributed by atoms with Crippen molar-refractivity contribution in [3.8, 4) is 0 Å². The van der Waals surface area contributed by atoms with Crippen molar-refractivity contribution in [2.45, 2.75) is 52.1 Å². The van der Waals surface area contributed by atoms with Gasteiger partial charge in [-0.2, -0.15) is 0 Å². The number of benzene rings is 2. The van der Waals surface area contributed by atoms with Crippen LogP contribution in [0.5, 0.6) is 0 Å². The number of nitrogens with two attached hydrogens (primary N) is 1. The van der Waals surface area contributed by atoms with Crippen LogP contribution in [0, 0.1) is 5.92 Å². The van der Waals surface area contributed by atoms with Crippen LogP contribution in [-0.2, 0) is 6.42 Å². The Bertz CT molecular complexity index is 1310. The summed E-state index contributed by atoms with van der Waals surface area (Å²) in [7, 11) is 1.97. The van der Waals surface area contributed by atoms with Crippen LogP contribution >= 0.6 is 0 Å². The fourth-order valence-electron chi connectivity index (χ4n) is 5.77. The maximum absolute atomic E-state index is 6.61. The van der Waals surface area contributed by atoms with Gasteiger partial charge in [0.1, 0.15) is 0 Å². The fraction of sp³-hybridized carbons (Fsp3) is 0.323. The highest BCUT2D eigenvalue weighted by molar-refractivity contribution is 6.04. The topological polar surface area (TPSA) is 50.1 Å². The summed E-state index contributed by atoms with van der Waals surface area (Å²) in [5.41, 5.74) is 20.7. The maximum Gasteiger partial charge on any atom is 0.0772 e. The standard InChI is InChI=1S/C31H35N3/c1-20(2)18-27-22-10-4-5-11-24(22)30(25-12-6-7-13-26(25)31(32)33-3)28-19-21(15-16-23(27)28)29-14-8-9-17-34-29/h4-5,8,10-11,14-18,21,31,33-34H,6-7,12-13,19,32H2,1-3H3. The number of rotatable bonds is 5. The van der Waals surface area contributed by atoms with E-state index in [-0.39, 0.29) is 6.17 Å². The van der Waals surface area contributed by atoms with Crippen molar-refractivity contribution in [2.24, 2.45) is 11.7 Å². The Morgan fingerprint density at radius 3 is 2.71 bits per heavy atom. The number of hydrogen-bond acceptors (Lipinski definition) is 3. The molecule has 174 valence electrons. The predicted octanol–water partition coefficient (Wildman–Crippen LogP) is 6.44. The molecule has 0 saturated heterocycles. The molecule has 2 unspecified atom stereocenters. The molecule has 0 bridgehead atoms. The first-order chi connectivity index (χ1) is 16.6. The van der Waals surface area contributed by atoms with Gasteiger partial charge in [0, 0.05) is 17.8 Å². The van der Waals surface area contributed by atoms with Gasteiger partial charge in [0.25, 0.3) is 0 Å². The van der Waals surface area contributed by atoms with Gasteiger partial charge in [0.2, 0.25) is 0 Å². The third kappa shape index (κ3) is 4.12. The molecule has 4 N–H and O–H groups in total. The van der Waals surface area contributed by atoms with Crippen LogP contribution in [0.25, 0.3) is 28.5 Å². The van der Waals surface area contributed by atoms with E-state index < -0.39 is 0 Å². The molecular weight excluding hydrogens is 414 g/mol. The first-order valence-corrected chi connectivity index (χ1v) is 12.5. The highest BCUT2D eigenvalue weighted by Gasteiger charge is 2.28. The number of likely N-dealkylation sites (N-methyl/N-ethyl adjacent to an activating group) is 1. The molecule has 0 aromatic heterocycles. The number of fused-ring (bicyclic) bond motifs is 2. The Hall–Kier alpha value is -3.10. The predicted molar refractivity (Wildman–Crippen MR) is 146 cm³/mol. The molecule has 2 atom stereocenters. The zero-order valence-electron chi connectivity index (χ0n) is 20.5. The Kier molecular flexibility index (Phi) is 6.43. The van der Waals surface area contributed by atoms with E-state index in [2.05, 4.69) is 78.8 Å². The largest absolute Gasteiger partial charge is 0.358 e. The normalized spacial score (nSPS) is 20.1. The molecule has 0 fully saturated rings. The molecule has 0 saturated carbocycles. The van der Waals surface area contributed by atoms with Crippen LogP contribution in [0.4, 0.5) is 0 Å². The smallest absolute Gasteiger partial charge is 0.0772 e. The summed E-state index contributed by atoms with van der Waals surface area (Å²) in [6.07, 6.45) is 18.6. The third-order valence-corrected chi connectivity index (χ3v) is 7.34. The number of allylic oxidation sites excluding steroid dienone is 5. The van der Waals surface area contributed by atoms with Crippen molar-refractivity contribution >= 4 is 28.5 Å². The molecular formula is C31H35N3. The number of nitrogens with one attached hydrogen (secondary N) is 2. The zero-order chi connectivity index (χ0) is 23.7. The van der Waals surface area contributed by atoms with Gasteiger partial charge in [-0.15, -0.1) is 5.73 Å². The fourth-order valence-corrected chi connectivity index (χ4v) is 5.77. The molecule has 2 aliphatic carbocycles. The minimum Gasteiger partial charge on any atom is -0.358 e. The van der Waals surface area contributed by atoms with Gasteiger partial charge in [-0.1, -0.05) is 48.1 Å². The first kappa shape index (κ1) is 22.7. The van der Waals surface area contributed by atoms with Gasteiger partial charge in [0.05, 0.1) is 6.17 Å². The maximum atomic E-state index is 6.61. The van der Waals surface area contributed by atoms with E-state index >= 15 is 0 Å². The molecule has 5 rings (SSSR count). The molecule has 2 aromatic rings. The first-order valence-electron chi connectivity index (χ1n) is 12.5. The van der Waals surface area contributed by atoms with E-state index in [1.807, 2.05) is 19.3 Å². The highest BCUT2D eigenvalue weighted by Crippen LogP contribution is 2.45. The molecule has 3 heteroatoms. The van der Waals surface area contributed by atoms with E-state index in [9.17, 15) is 0 Å². The second kappa shape index (κ2) is 9.64. The molecule has 0 spiro atoms. The third-order valence-electron chi connectivity index (χ3n) is 7.34. The van der Waals surface area contributed by atoms with Crippen molar-refractivity contribution in [3.05, 3.63) is 93.5 Å². The van der Waals surface area contributed by atoms with Crippen LogP contribution in [0.15, 0.2) is 71.3 Å². The molecule has 3 aliphatic rings. The average Bonchev–Trinajstić information content (AvgIpc) is 2.88. The molecule has 1 heterocycles. The van der Waals surface area contributed by atoms with Crippen molar-refractivity contribution < 1.29 is 0 Å². The lowest BCUT2D eigenvalue weighted by Gasteiger charge is -2.32. The van der Waals surface area contributed by atoms with Crippen LogP contribution in [0.1, 0.15) is 61.8 Å². The summed E-state index contributed by atoms with van der Waals surface area (Å²) >= 11 is 0. The van der Waals surface area contributed by atoms with Gasteiger partial charge < -0.3 is 16.4 Å². The van der Waals surface area contributed by atoms with Crippen molar-refractivity contribution in [3.63, 3.8) is 0 Å². The van der Waals surface area contributed by atoms with Gasteiger partial charge in [0.15, 0.2) is 0 Å². The minimum absolute atomic E-state index is 0.102. The SMILES string of the molecule is CNC(N)C1=C(c2c3c(c(C=C(C)C)c4ccccc24)C=CC(C2=CC=C=CN2)C3)CCCC1. The summed E-state index contributed by atoms with van der Waals surface area (Å²) < 4.78 is 0. The molecule has 2 aromatic carbocycles. The monoisotopic (exact) mass is 449 g/mol. The van der Waals surface area contributed by atoms with Crippen LogP contribution in [-0.4, -0.2) is 13.2 Å². The molecule has 34 heavy (non-hydrogen) atoms. The van der Waals surface area contributed by atoms with Gasteiger partial charge in [-0.25, -0.2) is 0 Å². The van der Waals surface area contributed by atoms with Crippen molar-refractivity contribution in [1.82, 2.24) is 10.6 Å². The summed E-state index contributed by atoms with van der Waals surface area (Å²) in [4.78, 5) is 0. The Morgan fingerprint density at radius 2 is 1.97 bits per heavy atom. The van der Waals surface area contributed by atoms with Crippen LogP contribution < -0.4 is 16.4 Å². The summed E-state index contributed by atoms with van der Waals surface area (Å²) in [5.74, 6) is 0.312. The molecule has 0 amide bonds. The van der Waals surface area contributed by atoms with Gasteiger partial charge in [-0.3, -0.25) is 0 Å². The summed E-state index contributed by atoms with van der Waals surface area (Å²) in [5, 5.41) is 9.43. The van der Waals surface area contributed by atoms with E-state index in [0.29, 0.717) is 5.92 Å². The Labute approximate surface area is 203 Å². The van der Waals surface area contributed by atoms with Gasteiger partial charge >= 0.3 is 0 Å². The van der Waals surface area contributed by atoms with E-state index in [1.54, 1.807) is 0 Å². The van der Waals surface area contributed by atoms with E-state index in [0.717, 1.165) is 19.3 Å². The van der Waals surface area contributed by atoms with Crippen molar-refractivity contribution in [2.75, 3.05) is 7.05 Å². The summed E-state index contributed by atoms with van der Waals surface area (Å²) in [6, 6.07) is 8.95. The lowest BCUT2D eigenvalue weighted by Crippen LogP contribution is -2.37. The quantitative estimate of drug-likeness (QED) is 0.364. The lowest BCUT2D eigenvalue weighted by molar-refractivity contribution is 0.594. The molecule has 0 radical (unpaired) electrons. The Balaban J connectivity index is 1.82. The second-order valence-electron chi connectivity index (χ2n) is 9.84. The second-order valence-corrected chi connectivity index (χ2v) is 9.84. The summed E-state index contributed by atoms with van der Waals surface area (Å²) in [6.45, 7) is 4.38. The van der Waals surface area contributed by atoms with Crippen LogP contribution in [0.2, 0.25) is 0 Å². The minimum atomic E-state index is -0.102. The van der Waals surface area contributed by atoms with E-state index in [1.165, 1.54) is 68.3 Å². The highest BCUT2D eigenvalue weighted by atomic mass is 15.0. The Morgan fingerprint density at radius 1 is 1.18 bits per heavy atom. The van der Waals surface area contributed by atoms with Crippen LogP contribution in [0.3, 0.4) is 0 Å². The average molecular weight is 450 g/mol. The zero-order valence-corrected chi connectivity index (χ0v) is 20.5. The number of hydrogen-bond donors (Lipinski definition) is 3. The molecule has 3 nitrogen and oxygen atoms in total. The van der Waals surface area contributed by atoms with E-state index in [4.69, 9.17) is 5.73 Å².